The molecule has 1 aliphatic rings. The molecule has 1 aliphatic heterocycles. The number of non-ortho nitro benzene ring substituents is 1. The Morgan fingerprint density at radius 1 is 1.17 bits per heavy atom. The lowest BCUT2D eigenvalue weighted by molar-refractivity contribution is -0.384. The quantitative estimate of drug-likeness (QED) is 0.329. The lowest BCUT2D eigenvalue weighted by Crippen LogP contribution is -2.21. The van der Waals surface area contributed by atoms with Crippen molar-refractivity contribution in [3.05, 3.63) is 80.5 Å². The highest BCUT2D eigenvalue weighted by atomic mass is 16.6. The van der Waals surface area contributed by atoms with Crippen molar-refractivity contribution in [1.82, 2.24) is 4.98 Å². The van der Waals surface area contributed by atoms with Crippen molar-refractivity contribution in [2.24, 2.45) is 5.10 Å². The number of carbonyl (C=O) groups is 1. The molecule has 1 aromatic heterocycles. The summed E-state index contributed by atoms with van der Waals surface area (Å²) in [6.45, 7) is 5.24. The number of aromatic hydroxyl groups is 1. The minimum absolute atomic E-state index is 0.0487. The second-order valence-corrected chi connectivity index (χ2v) is 7.98. The van der Waals surface area contributed by atoms with Gasteiger partial charge in [0, 0.05) is 29.0 Å². The summed E-state index contributed by atoms with van der Waals surface area (Å²) in [5, 5.41) is 36.6. The number of aryl methyl sites for hydroxylation is 1. The van der Waals surface area contributed by atoms with Crippen LogP contribution in [0.1, 0.15) is 29.3 Å². The molecule has 0 atom stereocenters. The Bertz CT molecular complexity index is 1500. The van der Waals surface area contributed by atoms with Gasteiger partial charge in [-0.15, -0.1) is 0 Å². The van der Waals surface area contributed by atoms with E-state index in [2.05, 4.69) is 16.2 Å². The molecule has 0 fully saturated rings. The van der Waals surface area contributed by atoms with Crippen LogP contribution in [0.25, 0.3) is 17.2 Å². The molecular weight excluding hydrogens is 448 g/mol. The topological polar surface area (TPSA) is 159 Å². The van der Waals surface area contributed by atoms with Gasteiger partial charge in [0.1, 0.15) is 23.2 Å². The maximum absolute atomic E-state index is 13.1. The van der Waals surface area contributed by atoms with Crippen LogP contribution in [0.4, 0.5) is 17.2 Å². The Hall–Kier alpha value is -5.04. The minimum atomic E-state index is -0.519. The first kappa shape index (κ1) is 23.1. The maximum atomic E-state index is 13.1. The number of hydrogen-bond donors (Lipinski definition) is 2. The fourth-order valence-corrected chi connectivity index (χ4v) is 3.85. The number of carbonyl (C=O) groups excluding carboxylic acids is 1. The number of phenols is 1. The van der Waals surface area contributed by atoms with Gasteiger partial charge in [-0.1, -0.05) is 6.07 Å². The second kappa shape index (κ2) is 8.72. The van der Waals surface area contributed by atoms with Gasteiger partial charge in [-0.25, -0.2) is 4.98 Å². The molecule has 10 nitrogen and oxygen atoms in total. The lowest BCUT2D eigenvalue weighted by atomic mass is 9.92. The van der Waals surface area contributed by atoms with Crippen molar-refractivity contribution in [1.29, 1.82) is 5.26 Å². The normalized spacial score (nSPS) is 14.2. The molecule has 4 rings (SSSR count). The molecule has 0 bridgehead atoms. The summed E-state index contributed by atoms with van der Waals surface area (Å²) in [5.74, 6) is -0.377. The van der Waals surface area contributed by atoms with Crippen molar-refractivity contribution in [2.75, 3.05) is 10.7 Å². The van der Waals surface area contributed by atoms with Gasteiger partial charge in [0.15, 0.2) is 0 Å². The largest absolute Gasteiger partial charge is 0.507 e. The number of pyridine rings is 1. The average Bonchev–Trinajstić information content (AvgIpc) is 3.11. The van der Waals surface area contributed by atoms with Crippen LogP contribution < -0.4 is 10.7 Å². The van der Waals surface area contributed by atoms with E-state index in [1.54, 1.807) is 39.0 Å². The van der Waals surface area contributed by atoms with E-state index in [9.17, 15) is 25.3 Å². The zero-order chi connectivity index (χ0) is 25.4. The summed E-state index contributed by atoms with van der Waals surface area (Å²) in [6.07, 6.45) is 1.63. The standard InChI is InChI=1S/C25H20N6O4/c1-13-14(2)28-24(27)21(12-26)23(13)20-11-16(4-9-22(20)32)10-19-15(3)29-30(25(19)33)17-5-7-18(8-6-17)31(34)35/h4-11,32H,1-3H3,(H2,27,28)/b19-10+. The Morgan fingerprint density at radius 2 is 1.86 bits per heavy atom. The van der Waals surface area contributed by atoms with E-state index in [4.69, 9.17) is 5.73 Å². The highest BCUT2D eigenvalue weighted by molar-refractivity contribution is 6.32. The van der Waals surface area contributed by atoms with Crippen molar-refractivity contribution >= 4 is 34.9 Å². The molecule has 174 valence electrons. The smallest absolute Gasteiger partial charge is 0.280 e. The van der Waals surface area contributed by atoms with E-state index in [1.807, 2.05) is 0 Å². The molecule has 35 heavy (non-hydrogen) atoms. The highest BCUT2D eigenvalue weighted by Crippen LogP contribution is 2.38. The summed E-state index contributed by atoms with van der Waals surface area (Å²) in [7, 11) is 0. The molecule has 2 heterocycles. The molecule has 3 N–H and O–H groups in total. The van der Waals surface area contributed by atoms with Gasteiger partial charge in [0.05, 0.1) is 21.9 Å². The second-order valence-electron chi connectivity index (χ2n) is 7.98. The monoisotopic (exact) mass is 468 g/mol. The van der Waals surface area contributed by atoms with E-state index < -0.39 is 10.8 Å². The number of rotatable bonds is 4. The molecule has 2 aromatic carbocycles. The van der Waals surface area contributed by atoms with Crippen molar-refractivity contribution in [3.8, 4) is 22.9 Å². The average molecular weight is 468 g/mol. The van der Waals surface area contributed by atoms with Crippen molar-refractivity contribution in [3.63, 3.8) is 0 Å². The Labute approximate surface area is 200 Å². The predicted octanol–water partition coefficient (Wildman–Crippen LogP) is 4.24. The number of benzene rings is 2. The predicted molar refractivity (Wildman–Crippen MR) is 132 cm³/mol. The van der Waals surface area contributed by atoms with Gasteiger partial charge in [-0.3, -0.25) is 14.9 Å². The third-order valence-corrected chi connectivity index (χ3v) is 5.79. The van der Waals surface area contributed by atoms with Gasteiger partial charge in [0.25, 0.3) is 11.6 Å². The number of aromatic nitrogens is 1. The molecule has 3 aromatic rings. The van der Waals surface area contributed by atoms with Gasteiger partial charge in [-0.05, 0) is 62.2 Å². The number of phenolic OH excluding ortho intramolecular Hbond substituents is 1. The summed E-state index contributed by atoms with van der Waals surface area (Å²) in [5.41, 5.74) is 10.0. The van der Waals surface area contributed by atoms with Crippen LogP contribution in [0.15, 0.2) is 53.1 Å². The molecule has 0 saturated carbocycles. The summed E-state index contributed by atoms with van der Waals surface area (Å²) >= 11 is 0. The van der Waals surface area contributed by atoms with Crippen molar-refractivity contribution < 1.29 is 14.8 Å². The maximum Gasteiger partial charge on any atom is 0.280 e. The SMILES string of the molecule is CC1=NN(c2ccc([N+](=O)[O-])cc2)C(=O)/C1=C/c1ccc(O)c(-c2c(C)c(C)nc(N)c2C#N)c1. The Morgan fingerprint density at radius 3 is 2.49 bits per heavy atom. The minimum Gasteiger partial charge on any atom is -0.507 e. The third kappa shape index (κ3) is 4.06. The molecule has 0 aliphatic carbocycles. The number of hydrogen-bond acceptors (Lipinski definition) is 8. The molecule has 1 amide bonds. The van der Waals surface area contributed by atoms with Crippen LogP contribution in [0.3, 0.4) is 0 Å². The van der Waals surface area contributed by atoms with Crippen LogP contribution in [0.5, 0.6) is 5.75 Å². The van der Waals surface area contributed by atoms with Gasteiger partial charge in [-0.2, -0.15) is 15.4 Å². The first-order valence-electron chi connectivity index (χ1n) is 10.5. The van der Waals surface area contributed by atoms with Crippen LogP contribution in [0, 0.1) is 35.3 Å². The number of amides is 1. The zero-order valence-electron chi connectivity index (χ0n) is 19.1. The van der Waals surface area contributed by atoms with Crippen molar-refractivity contribution in [2.45, 2.75) is 20.8 Å². The van der Waals surface area contributed by atoms with Crippen LogP contribution in [-0.4, -0.2) is 26.6 Å². The Balaban J connectivity index is 1.75. The zero-order valence-corrected chi connectivity index (χ0v) is 19.1. The van der Waals surface area contributed by atoms with E-state index in [0.29, 0.717) is 44.9 Å². The Kier molecular flexibility index (Phi) is 5.76. The summed E-state index contributed by atoms with van der Waals surface area (Å²) in [6, 6.07) is 12.4. The van der Waals surface area contributed by atoms with Crippen LogP contribution >= 0.6 is 0 Å². The van der Waals surface area contributed by atoms with E-state index in [0.717, 1.165) is 0 Å². The van der Waals surface area contributed by atoms with Crippen LogP contribution in [0.2, 0.25) is 0 Å². The van der Waals surface area contributed by atoms with Crippen LogP contribution in [-0.2, 0) is 4.79 Å². The lowest BCUT2D eigenvalue weighted by Gasteiger charge is -2.15. The summed E-state index contributed by atoms with van der Waals surface area (Å²) < 4.78 is 0. The molecule has 0 saturated heterocycles. The van der Waals surface area contributed by atoms with E-state index in [1.165, 1.54) is 35.3 Å². The van der Waals surface area contributed by atoms with Gasteiger partial charge < -0.3 is 10.8 Å². The number of nitrogens with zero attached hydrogens (tertiary/aromatic N) is 5. The number of nitriles is 1. The van der Waals surface area contributed by atoms with Gasteiger partial charge in [0.2, 0.25) is 0 Å². The number of nitrogens with two attached hydrogens (primary N) is 1. The number of nitrogen functional groups attached to an aromatic ring is 1. The highest BCUT2D eigenvalue weighted by Gasteiger charge is 2.29. The molecule has 0 unspecified atom stereocenters. The van der Waals surface area contributed by atoms with E-state index >= 15 is 0 Å². The molecule has 0 radical (unpaired) electrons. The van der Waals surface area contributed by atoms with E-state index in [-0.39, 0.29) is 22.8 Å². The third-order valence-electron chi connectivity index (χ3n) is 5.79. The van der Waals surface area contributed by atoms with Gasteiger partial charge >= 0.3 is 0 Å². The number of anilines is 2. The fourth-order valence-electron chi connectivity index (χ4n) is 3.85. The fraction of sp³-hybridized carbons (Fsp3) is 0.120. The summed E-state index contributed by atoms with van der Waals surface area (Å²) in [4.78, 5) is 27.7. The number of nitro groups is 1. The first-order chi connectivity index (χ1) is 16.6. The molecule has 10 heteroatoms. The number of hydrazone groups is 1. The molecule has 0 spiro atoms. The molecular formula is C25H20N6O4. The number of nitro benzene ring substituents is 1. The first-order valence-corrected chi connectivity index (χ1v) is 10.5.